The number of amides is 2. The average molecular weight is 308 g/mol. The largest absolute Gasteiger partial charge is 0.381 e. The van der Waals surface area contributed by atoms with Gasteiger partial charge in [-0.3, -0.25) is 9.59 Å². The zero-order valence-electron chi connectivity index (χ0n) is 13.6. The number of β-lactam (4-membered cyclic amide) rings is 1. The fraction of sp³-hybridized carbons (Fsp3) is 0.882. The highest BCUT2D eigenvalue weighted by molar-refractivity contribution is 5.90. The number of hydrogen-bond donors (Lipinski definition) is 1. The summed E-state index contributed by atoms with van der Waals surface area (Å²) in [6, 6.07) is 0.208. The first-order valence-electron chi connectivity index (χ1n) is 8.89. The Bertz CT molecular complexity index is 437. The Hall–Kier alpha value is -1.10. The molecule has 1 spiro atoms. The normalized spacial score (nSPS) is 28.8. The van der Waals surface area contributed by atoms with E-state index >= 15 is 0 Å². The Morgan fingerprint density at radius 3 is 2.45 bits per heavy atom. The molecule has 2 amide bonds. The molecule has 0 aromatic heterocycles. The third-order valence-electron chi connectivity index (χ3n) is 5.83. The monoisotopic (exact) mass is 308 g/mol. The number of piperidine rings is 1. The van der Waals surface area contributed by atoms with Crippen LogP contribution in [0, 0.1) is 0 Å². The summed E-state index contributed by atoms with van der Waals surface area (Å²) >= 11 is 0. The first kappa shape index (κ1) is 15.8. The third kappa shape index (κ3) is 2.43. The van der Waals surface area contributed by atoms with Gasteiger partial charge in [0, 0.05) is 25.6 Å². The zero-order valence-corrected chi connectivity index (χ0v) is 13.6. The molecular formula is C17H28N2O3. The lowest BCUT2D eigenvalue weighted by Crippen LogP contribution is -2.77. The summed E-state index contributed by atoms with van der Waals surface area (Å²) in [6.07, 6.45) is 7.74. The molecule has 1 atom stereocenters. The molecule has 3 aliphatic rings. The quantitative estimate of drug-likeness (QED) is 0.807. The van der Waals surface area contributed by atoms with Gasteiger partial charge in [0.1, 0.15) is 0 Å². The smallest absolute Gasteiger partial charge is 0.254 e. The molecular weight excluding hydrogens is 280 g/mol. The molecule has 5 heteroatoms. The minimum Gasteiger partial charge on any atom is -0.381 e. The van der Waals surface area contributed by atoms with Crippen LogP contribution in [-0.4, -0.2) is 57.5 Å². The van der Waals surface area contributed by atoms with Crippen molar-refractivity contribution in [2.24, 2.45) is 0 Å². The van der Waals surface area contributed by atoms with Crippen LogP contribution in [0.3, 0.4) is 0 Å². The van der Waals surface area contributed by atoms with Crippen molar-refractivity contribution in [3.05, 3.63) is 0 Å². The van der Waals surface area contributed by atoms with Gasteiger partial charge in [0.05, 0.1) is 5.54 Å². The van der Waals surface area contributed by atoms with Crippen molar-refractivity contribution in [1.82, 2.24) is 9.80 Å². The summed E-state index contributed by atoms with van der Waals surface area (Å²) in [6.45, 7) is 3.52. The number of nitrogens with zero attached hydrogens (tertiary/aromatic N) is 2. The van der Waals surface area contributed by atoms with Crippen molar-refractivity contribution in [3.63, 3.8) is 0 Å². The van der Waals surface area contributed by atoms with Crippen molar-refractivity contribution in [3.8, 4) is 0 Å². The van der Waals surface area contributed by atoms with E-state index in [0.29, 0.717) is 6.42 Å². The standard InChI is InChI=1S/C17H28N2O3/c1-2-6-14(20)18-11-7-13(8-12-18)19-16(22)15(21)17(19)9-4-3-5-10-17/h13,15,21H,2-12H2,1H3. The molecule has 22 heavy (non-hydrogen) atoms. The van der Waals surface area contributed by atoms with Gasteiger partial charge in [-0.1, -0.05) is 26.2 Å². The molecule has 1 N–H and O–H groups in total. The molecule has 1 unspecified atom stereocenters. The molecule has 5 nitrogen and oxygen atoms in total. The Morgan fingerprint density at radius 1 is 1.23 bits per heavy atom. The van der Waals surface area contributed by atoms with Crippen LogP contribution in [0.2, 0.25) is 0 Å². The van der Waals surface area contributed by atoms with Crippen molar-refractivity contribution >= 4 is 11.8 Å². The molecule has 124 valence electrons. The molecule has 1 aliphatic carbocycles. The van der Waals surface area contributed by atoms with Gasteiger partial charge < -0.3 is 14.9 Å². The molecule has 2 heterocycles. The lowest BCUT2D eigenvalue weighted by Gasteiger charge is -2.61. The van der Waals surface area contributed by atoms with Gasteiger partial charge in [-0.05, 0) is 32.1 Å². The second-order valence-electron chi connectivity index (χ2n) is 7.14. The van der Waals surface area contributed by atoms with E-state index in [1.165, 1.54) is 6.42 Å². The molecule has 3 fully saturated rings. The minimum absolute atomic E-state index is 0.0831. The van der Waals surface area contributed by atoms with Crippen LogP contribution in [0.25, 0.3) is 0 Å². The first-order chi connectivity index (χ1) is 10.6. The summed E-state index contributed by atoms with van der Waals surface area (Å²) < 4.78 is 0. The number of likely N-dealkylation sites (tertiary alicyclic amines) is 2. The number of carbonyl (C=O) groups excluding carboxylic acids is 2. The Kier molecular flexibility index (Phi) is 4.44. The van der Waals surface area contributed by atoms with Crippen molar-refractivity contribution in [2.45, 2.75) is 82.4 Å². The second-order valence-corrected chi connectivity index (χ2v) is 7.14. The molecule has 0 bridgehead atoms. The van der Waals surface area contributed by atoms with E-state index in [1.54, 1.807) is 0 Å². The summed E-state index contributed by atoms with van der Waals surface area (Å²) in [4.78, 5) is 28.2. The fourth-order valence-electron chi connectivity index (χ4n) is 4.61. The van der Waals surface area contributed by atoms with Crippen LogP contribution in [0.4, 0.5) is 0 Å². The maximum atomic E-state index is 12.2. The Labute approximate surface area is 132 Å². The molecule has 0 aromatic carbocycles. The number of carbonyl (C=O) groups is 2. The number of rotatable bonds is 3. The summed E-state index contributed by atoms with van der Waals surface area (Å²) in [5.41, 5.74) is -0.282. The number of hydrogen-bond acceptors (Lipinski definition) is 3. The molecule has 2 aliphatic heterocycles. The average Bonchev–Trinajstić information content (AvgIpc) is 2.56. The topological polar surface area (TPSA) is 60.9 Å². The zero-order chi connectivity index (χ0) is 15.7. The Morgan fingerprint density at radius 2 is 1.86 bits per heavy atom. The van der Waals surface area contributed by atoms with E-state index < -0.39 is 6.10 Å². The van der Waals surface area contributed by atoms with Gasteiger partial charge in [-0.2, -0.15) is 0 Å². The van der Waals surface area contributed by atoms with Gasteiger partial charge in [-0.25, -0.2) is 0 Å². The van der Waals surface area contributed by atoms with Gasteiger partial charge >= 0.3 is 0 Å². The van der Waals surface area contributed by atoms with E-state index in [4.69, 9.17) is 0 Å². The van der Waals surface area contributed by atoms with Crippen LogP contribution in [-0.2, 0) is 9.59 Å². The van der Waals surface area contributed by atoms with Crippen LogP contribution < -0.4 is 0 Å². The molecule has 1 saturated carbocycles. The van der Waals surface area contributed by atoms with E-state index in [2.05, 4.69) is 0 Å². The van der Waals surface area contributed by atoms with E-state index in [1.807, 2.05) is 16.7 Å². The van der Waals surface area contributed by atoms with Gasteiger partial charge in [-0.15, -0.1) is 0 Å². The minimum atomic E-state index is -0.785. The molecule has 0 aromatic rings. The van der Waals surface area contributed by atoms with E-state index in [0.717, 1.165) is 58.0 Å². The summed E-state index contributed by atoms with van der Waals surface area (Å²) in [5.74, 6) is 0.156. The molecule has 3 rings (SSSR count). The van der Waals surface area contributed by atoms with Crippen LogP contribution >= 0.6 is 0 Å². The SMILES string of the molecule is CCCC(=O)N1CCC(N2C(=O)C(O)C23CCCCC3)CC1. The lowest BCUT2D eigenvalue weighted by molar-refractivity contribution is -0.201. The highest BCUT2D eigenvalue weighted by atomic mass is 16.3. The van der Waals surface area contributed by atoms with Crippen molar-refractivity contribution in [1.29, 1.82) is 0 Å². The third-order valence-corrected chi connectivity index (χ3v) is 5.83. The fourth-order valence-corrected chi connectivity index (χ4v) is 4.61. The van der Waals surface area contributed by atoms with Crippen LogP contribution in [0.5, 0.6) is 0 Å². The predicted molar refractivity (Wildman–Crippen MR) is 83.2 cm³/mol. The van der Waals surface area contributed by atoms with Crippen LogP contribution in [0.15, 0.2) is 0 Å². The molecule has 0 radical (unpaired) electrons. The summed E-state index contributed by atoms with van der Waals surface area (Å²) in [5, 5.41) is 10.2. The highest BCUT2D eigenvalue weighted by Gasteiger charge is 2.61. The first-order valence-corrected chi connectivity index (χ1v) is 8.89. The van der Waals surface area contributed by atoms with E-state index in [9.17, 15) is 14.7 Å². The lowest BCUT2D eigenvalue weighted by atomic mass is 9.68. The number of aliphatic hydroxyl groups is 1. The van der Waals surface area contributed by atoms with Crippen molar-refractivity contribution < 1.29 is 14.7 Å². The maximum absolute atomic E-state index is 12.2. The van der Waals surface area contributed by atoms with Gasteiger partial charge in [0.25, 0.3) is 5.91 Å². The Balaban J connectivity index is 1.63. The second kappa shape index (κ2) is 6.19. The van der Waals surface area contributed by atoms with Gasteiger partial charge in [0.15, 0.2) is 6.10 Å². The molecule has 2 saturated heterocycles. The number of aliphatic hydroxyl groups excluding tert-OH is 1. The van der Waals surface area contributed by atoms with Crippen LogP contribution in [0.1, 0.15) is 64.7 Å². The van der Waals surface area contributed by atoms with Crippen molar-refractivity contribution in [2.75, 3.05) is 13.1 Å². The maximum Gasteiger partial charge on any atom is 0.254 e. The summed E-state index contributed by atoms with van der Waals surface area (Å²) in [7, 11) is 0. The highest BCUT2D eigenvalue weighted by Crippen LogP contribution is 2.46. The van der Waals surface area contributed by atoms with E-state index in [-0.39, 0.29) is 23.4 Å². The van der Waals surface area contributed by atoms with Gasteiger partial charge in [0.2, 0.25) is 5.91 Å². The predicted octanol–water partition coefficient (Wildman–Crippen LogP) is 1.68.